The van der Waals surface area contributed by atoms with Crippen molar-refractivity contribution in [1.82, 2.24) is 4.90 Å². The molecule has 4 heteroatoms. The fraction of sp³-hybridized carbons (Fsp3) is 0.588. The minimum absolute atomic E-state index is 0.0705. The van der Waals surface area contributed by atoms with Crippen molar-refractivity contribution < 1.29 is 9.53 Å². The fourth-order valence-electron chi connectivity index (χ4n) is 2.45. The van der Waals surface area contributed by atoms with Crippen LogP contribution in [0.15, 0.2) is 24.3 Å². The van der Waals surface area contributed by atoms with Gasteiger partial charge in [0, 0.05) is 23.4 Å². The van der Waals surface area contributed by atoms with Crippen LogP contribution in [0, 0.1) is 5.41 Å². The van der Waals surface area contributed by atoms with Crippen molar-refractivity contribution in [1.29, 1.82) is 0 Å². The molecule has 0 spiro atoms. The van der Waals surface area contributed by atoms with Gasteiger partial charge in [0.25, 0.3) is 0 Å². The van der Waals surface area contributed by atoms with Crippen LogP contribution >= 0.6 is 11.6 Å². The normalized spacial score (nSPS) is 16.1. The summed E-state index contributed by atoms with van der Waals surface area (Å²) in [7, 11) is 0. The standard InChI is InChI=1S/C17H24ClNO2/c1-17(2,13-18)16(20)14-5-7-15(8-6-14)21-12-11-19-9-3-4-10-19/h5-8H,3-4,9-13H2,1-2H3. The maximum atomic E-state index is 12.3. The van der Waals surface area contributed by atoms with E-state index in [4.69, 9.17) is 16.3 Å². The highest BCUT2D eigenvalue weighted by Gasteiger charge is 2.27. The molecule has 0 radical (unpaired) electrons. The van der Waals surface area contributed by atoms with Gasteiger partial charge < -0.3 is 4.74 Å². The Labute approximate surface area is 132 Å². The van der Waals surface area contributed by atoms with Gasteiger partial charge in [0.2, 0.25) is 0 Å². The van der Waals surface area contributed by atoms with Gasteiger partial charge in [-0.2, -0.15) is 0 Å². The van der Waals surface area contributed by atoms with Crippen LogP contribution in [0.5, 0.6) is 5.75 Å². The number of carbonyl (C=O) groups excluding carboxylic acids is 1. The second-order valence-corrected chi connectivity index (χ2v) is 6.54. The zero-order valence-electron chi connectivity index (χ0n) is 12.9. The van der Waals surface area contributed by atoms with Gasteiger partial charge in [0.1, 0.15) is 12.4 Å². The minimum atomic E-state index is -0.528. The van der Waals surface area contributed by atoms with Crippen molar-refractivity contribution in [3.63, 3.8) is 0 Å². The Morgan fingerprint density at radius 3 is 2.43 bits per heavy atom. The Bertz CT molecular complexity index is 464. The number of rotatable bonds is 7. The van der Waals surface area contributed by atoms with Crippen LogP contribution in [0.4, 0.5) is 0 Å². The number of likely N-dealkylation sites (tertiary alicyclic amines) is 1. The number of carbonyl (C=O) groups is 1. The molecule has 1 aliphatic rings. The fourth-order valence-corrected chi connectivity index (χ4v) is 2.57. The van der Waals surface area contributed by atoms with Crippen LogP contribution in [0.1, 0.15) is 37.0 Å². The molecule has 1 aromatic rings. The van der Waals surface area contributed by atoms with E-state index in [0.29, 0.717) is 18.1 Å². The van der Waals surface area contributed by atoms with Crippen LogP contribution in [-0.2, 0) is 0 Å². The zero-order valence-corrected chi connectivity index (χ0v) is 13.7. The van der Waals surface area contributed by atoms with Crippen LogP contribution < -0.4 is 4.74 Å². The quantitative estimate of drug-likeness (QED) is 0.569. The highest BCUT2D eigenvalue weighted by Crippen LogP contribution is 2.24. The summed E-state index contributed by atoms with van der Waals surface area (Å²) in [5, 5.41) is 0. The van der Waals surface area contributed by atoms with E-state index in [1.165, 1.54) is 25.9 Å². The van der Waals surface area contributed by atoms with Gasteiger partial charge >= 0.3 is 0 Å². The van der Waals surface area contributed by atoms with Crippen LogP contribution in [0.2, 0.25) is 0 Å². The summed E-state index contributed by atoms with van der Waals surface area (Å²) in [4.78, 5) is 14.7. The Morgan fingerprint density at radius 2 is 1.86 bits per heavy atom. The van der Waals surface area contributed by atoms with Crippen molar-refractivity contribution in [3.8, 4) is 5.75 Å². The molecular weight excluding hydrogens is 286 g/mol. The largest absolute Gasteiger partial charge is 0.492 e. The average molecular weight is 310 g/mol. The number of ketones is 1. The van der Waals surface area contributed by atoms with Gasteiger partial charge in [0.15, 0.2) is 5.78 Å². The van der Waals surface area contributed by atoms with E-state index < -0.39 is 5.41 Å². The number of benzene rings is 1. The first-order chi connectivity index (χ1) is 10.0. The molecular formula is C17H24ClNO2. The monoisotopic (exact) mass is 309 g/mol. The predicted molar refractivity (Wildman–Crippen MR) is 86.4 cm³/mol. The number of nitrogens with zero attached hydrogens (tertiary/aromatic N) is 1. The number of hydrogen-bond donors (Lipinski definition) is 0. The third kappa shape index (κ3) is 4.45. The van der Waals surface area contributed by atoms with Crippen LogP contribution in [-0.4, -0.2) is 42.8 Å². The predicted octanol–water partition coefficient (Wildman–Crippen LogP) is 3.61. The molecule has 0 amide bonds. The van der Waals surface area contributed by atoms with Gasteiger partial charge in [-0.15, -0.1) is 11.6 Å². The maximum Gasteiger partial charge on any atom is 0.169 e. The van der Waals surface area contributed by atoms with E-state index >= 15 is 0 Å². The van der Waals surface area contributed by atoms with Crippen LogP contribution in [0.25, 0.3) is 0 Å². The molecule has 3 nitrogen and oxygen atoms in total. The minimum Gasteiger partial charge on any atom is -0.492 e. The topological polar surface area (TPSA) is 29.5 Å². The van der Waals surface area contributed by atoms with E-state index in [-0.39, 0.29) is 5.78 Å². The van der Waals surface area contributed by atoms with E-state index in [2.05, 4.69) is 4.90 Å². The summed E-state index contributed by atoms with van der Waals surface area (Å²) >= 11 is 5.85. The third-order valence-corrected chi connectivity index (χ3v) is 4.61. The Balaban J connectivity index is 1.85. The summed E-state index contributed by atoms with van der Waals surface area (Å²) in [6, 6.07) is 7.37. The van der Waals surface area contributed by atoms with E-state index in [1.807, 2.05) is 38.1 Å². The summed E-state index contributed by atoms with van der Waals surface area (Å²) in [6.45, 7) is 7.76. The average Bonchev–Trinajstić information content (AvgIpc) is 3.00. The van der Waals surface area contributed by atoms with Crippen molar-refractivity contribution in [3.05, 3.63) is 29.8 Å². The SMILES string of the molecule is CC(C)(CCl)C(=O)c1ccc(OCCN2CCCC2)cc1. The smallest absolute Gasteiger partial charge is 0.169 e. The van der Waals surface area contributed by atoms with Gasteiger partial charge in [0.05, 0.1) is 0 Å². The first-order valence-corrected chi connectivity index (χ1v) is 8.12. The molecule has 116 valence electrons. The van der Waals surface area contributed by atoms with E-state index in [1.54, 1.807) is 0 Å². The molecule has 1 fully saturated rings. The van der Waals surface area contributed by atoms with Crippen molar-refractivity contribution in [2.24, 2.45) is 5.41 Å². The summed E-state index contributed by atoms with van der Waals surface area (Å²) in [6.07, 6.45) is 2.60. The Hall–Kier alpha value is -1.06. The van der Waals surface area contributed by atoms with Gasteiger partial charge in [-0.25, -0.2) is 0 Å². The second kappa shape index (κ2) is 7.28. The number of alkyl halides is 1. The highest BCUT2D eigenvalue weighted by atomic mass is 35.5. The van der Waals surface area contributed by atoms with Crippen molar-refractivity contribution in [2.75, 3.05) is 32.1 Å². The molecule has 21 heavy (non-hydrogen) atoms. The molecule has 1 heterocycles. The molecule has 0 N–H and O–H groups in total. The lowest BCUT2D eigenvalue weighted by Crippen LogP contribution is -2.26. The third-order valence-electron chi connectivity index (χ3n) is 3.94. The lowest BCUT2D eigenvalue weighted by molar-refractivity contribution is 0.0862. The first kappa shape index (κ1) is 16.3. The van der Waals surface area contributed by atoms with Gasteiger partial charge in [-0.1, -0.05) is 13.8 Å². The molecule has 0 bridgehead atoms. The molecule has 0 saturated carbocycles. The highest BCUT2D eigenvalue weighted by molar-refractivity contribution is 6.20. The lowest BCUT2D eigenvalue weighted by Gasteiger charge is -2.19. The summed E-state index contributed by atoms with van der Waals surface area (Å²) in [5.41, 5.74) is 0.159. The molecule has 0 atom stereocenters. The van der Waals surface area contributed by atoms with Crippen molar-refractivity contribution >= 4 is 17.4 Å². The van der Waals surface area contributed by atoms with Gasteiger partial charge in [-0.3, -0.25) is 9.69 Å². The first-order valence-electron chi connectivity index (χ1n) is 7.59. The van der Waals surface area contributed by atoms with Crippen molar-refractivity contribution in [2.45, 2.75) is 26.7 Å². The molecule has 0 aromatic heterocycles. The Morgan fingerprint density at radius 1 is 1.24 bits per heavy atom. The number of hydrogen-bond acceptors (Lipinski definition) is 3. The molecule has 0 unspecified atom stereocenters. The molecule has 2 rings (SSSR count). The zero-order chi connectivity index (χ0) is 15.3. The lowest BCUT2D eigenvalue weighted by atomic mass is 9.86. The molecule has 0 aliphatic carbocycles. The van der Waals surface area contributed by atoms with E-state index in [9.17, 15) is 4.79 Å². The summed E-state index contributed by atoms with van der Waals surface area (Å²) in [5.74, 6) is 1.20. The number of halogens is 1. The second-order valence-electron chi connectivity index (χ2n) is 6.27. The number of Topliss-reactive ketones (excluding diaryl/α,β-unsaturated/α-hetero) is 1. The molecule has 1 aliphatic heterocycles. The molecule has 1 aromatic carbocycles. The summed E-state index contributed by atoms with van der Waals surface area (Å²) < 4.78 is 5.74. The van der Waals surface area contributed by atoms with Crippen LogP contribution in [0.3, 0.4) is 0 Å². The maximum absolute atomic E-state index is 12.3. The van der Waals surface area contributed by atoms with E-state index in [0.717, 1.165) is 12.3 Å². The molecule has 1 saturated heterocycles. The Kier molecular flexibility index (Phi) is 5.65. The van der Waals surface area contributed by atoms with Gasteiger partial charge in [-0.05, 0) is 50.2 Å². The number of ether oxygens (including phenoxy) is 1.